The first-order chi connectivity index (χ1) is 8.24. The molecule has 0 aromatic heterocycles. The van der Waals surface area contributed by atoms with E-state index in [4.69, 9.17) is 0 Å². The first kappa shape index (κ1) is 12.8. The van der Waals surface area contributed by atoms with Gasteiger partial charge in [-0.1, -0.05) is 0 Å². The summed E-state index contributed by atoms with van der Waals surface area (Å²) in [5.41, 5.74) is 0. The van der Waals surface area contributed by atoms with Crippen LogP contribution in [0.2, 0.25) is 0 Å². The van der Waals surface area contributed by atoms with Crippen molar-refractivity contribution in [1.29, 1.82) is 0 Å². The number of nitrogens with zero attached hydrogens (tertiary/aromatic N) is 2. The number of likely N-dealkylation sites (N-methyl/N-ethyl adjacent to an activating group) is 1. The topological polar surface area (TPSA) is 47.6 Å². The van der Waals surface area contributed by atoms with Crippen molar-refractivity contribution >= 4 is 5.91 Å². The van der Waals surface area contributed by atoms with Gasteiger partial charge in [-0.2, -0.15) is 0 Å². The van der Waals surface area contributed by atoms with Gasteiger partial charge >= 0.3 is 0 Å². The standard InChI is InChI=1S/C12H24N4O/c1-15-6-8-16(9-7-15)5-4-13-12(17)10-14-11-2-3-11/h11,14H,2-10H2,1H3,(H,13,17). The van der Waals surface area contributed by atoms with E-state index in [1.54, 1.807) is 0 Å². The summed E-state index contributed by atoms with van der Waals surface area (Å²) in [5, 5.41) is 6.19. The average molecular weight is 240 g/mol. The molecule has 1 aliphatic carbocycles. The Balaban J connectivity index is 1.48. The van der Waals surface area contributed by atoms with Crippen molar-refractivity contribution in [3.8, 4) is 0 Å². The lowest BCUT2D eigenvalue weighted by atomic mass is 10.3. The molecule has 0 spiro atoms. The molecule has 5 heteroatoms. The van der Waals surface area contributed by atoms with Crippen LogP contribution < -0.4 is 10.6 Å². The lowest BCUT2D eigenvalue weighted by molar-refractivity contribution is -0.120. The minimum Gasteiger partial charge on any atom is -0.354 e. The van der Waals surface area contributed by atoms with Crippen molar-refractivity contribution in [3.63, 3.8) is 0 Å². The number of carbonyl (C=O) groups is 1. The molecule has 17 heavy (non-hydrogen) atoms. The molecular weight excluding hydrogens is 216 g/mol. The van der Waals surface area contributed by atoms with E-state index < -0.39 is 0 Å². The van der Waals surface area contributed by atoms with E-state index in [0.717, 1.165) is 39.3 Å². The summed E-state index contributed by atoms with van der Waals surface area (Å²) in [5.74, 6) is 0.131. The summed E-state index contributed by atoms with van der Waals surface area (Å²) in [6, 6.07) is 0.610. The molecule has 5 nitrogen and oxygen atoms in total. The summed E-state index contributed by atoms with van der Waals surface area (Å²) in [6.45, 7) is 6.74. The van der Waals surface area contributed by atoms with Gasteiger partial charge in [0, 0.05) is 45.3 Å². The van der Waals surface area contributed by atoms with Crippen LogP contribution in [0.25, 0.3) is 0 Å². The summed E-state index contributed by atoms with van der Waals surface area (Å²) in [7, 11) is 2.16. The molecular formula is C12H24N4O. The second-order valence-corrected chi connectivity index (χ2v) is 5.15. The van der Waals surface area contributed by atoms with Crippen LogP contribution in [0.5, 0.6) is 0 Å². The maximum atomic E-state index is 11.5. The second kappa shape index (κ2) is 6.33. The second-order valence-electron chi connectivity index (χ2n) is 5.15. The van der Waals surface area contributed by atoms with E-state index >= 15 is 0 Å². The summed E-state index contributed by atoms with van der Waals surface area (Å²) in [6.07, 6.45) is 2.46. The van der Waals surface area contributed by atoms with Crippen LogP contribution in [-0.2, 0) is 4.79 Å². The highest BCUT2D eigenvalue weighted by atomic mass is 16.1. The van der Waals surface area contributed by atoms with Crippen molar-refractivity contribution in [2.75, 3.05) is 52.9 Å². The predicted molar refractivity (Wildman–Crippen MR) is 68.0 cm³/mol. The van der Waals surface area contributed by atoms with Gasteiger partial charge in [-0.15, -0.1) is 0 Å². The SMILES string of the molecule is CN1CCN(CCNC(=O)CNC2CC2)CC1. The van der Waals surface area contributed by atoms with Crippen LogP contribution in [-0.4, -0.2) is 74.6 Å². The largest absolute Gasteiger partial charge is 0.354 e. The Morgan fingerprint density at radius 3 is 2.59 bits per heavy atom. The van der Waals surface area contributed by atoms with Crippen molar-refractivity contribution in [2.45, 2.75) is 18.9 Å². The third kappa shape index (κ3) is 5.02. The van der Waals surface area contributed by atoms with Gasteiger partial charge in [-0.05, 0) is 19.9 Å². The Morgan fingerprint density at radius 2 is 1.94 bits per heavy atom. The highest BCUT2D eigenvalue weighted by Crippen LogP contribution is 2.17. The Hall–Kier alpha value is -0.650. The number of hydrogen-bond donors (Lipinski definition) is 2. The lowest BCUT2D eigenvalue weighted by Crippen LogP contribution is -2.47. The molecule has 0 atom stereocenters. The Labute approximate surface area is 104 Å². The molecule has 2 fully saturated rings. The number of amides is 1. The molecule has 1 saturated carbocycles. The number of piperazine rings is 1. The van der Waals surface area contributed by atoms with E-state index in [-0.39, 0.29) is 5.91 Å². The molecule has 0 unspecified atom stereocenters. The van der Waals surface area contributed by atoms with Crippen molar-refractivity contribution < 1.29 is 4.79 Å². The Bertz CT molecular complexity index is 247. The predicted octanol–water partition coefficient (Wildman–Crippen LogP) is -0.898. The van der Waals surface area contributed by atoms with Gasteiger partial charge in [0.15, 0.2) is 0 Å². The summed E-state index contributed by atoms with van der Waals surface area (Å²) >= 11 is 0. The highest BCUT2D eigenvalue weighted by Gasteiger charge is 2.21. The normalized spacial score (nSPS) is 22.6. The Kier molecular flexibility index (Phi) is 4.76. The van der Waals surface area contributed by atoms with E-state index in [9.17, 15) is 4.79 Å². The fourth-order valence-corrected chi connectivity index (χ4v) is 2.01. The Morgan fingerprint density at radius 1 is 1.24 bits per heavy atom. The van der Waals surface area contributed by atoms with Crippen LogP contribution >= 0.6 is 0 Å². The highest BCUT2D eigenvalue weighted by molar-refractivity contribution is 5.78. The zero-order valence-electron chi connectivity index (χ0n) is 10.7. The molecule has 1 aliphatic heterocycles. The third-order valence-corrected chi connectivity index (χ3v) is 3.47. The number of nitrogens with one attached hydrogen (secondary N) is 2. The minimum absolute atomic E-state index is 0.131. The van der Waals surface area contributed by atoms with Gasteiger partial charge in [0.1, 0.15) is 0 Å². The van der Waals surface area contributed by atoms with Gasteiger partial charge in [-0.3, -0.25) is 9.69 Å². The van der Waals surface area contributed by atoms with E-state index in [2.05, 4.69) is 27.5 Å². The van der Waals surface area contributed by atoms with Gasteiger partial charge in [-0.25, -0.2) is 0 Å². The lowest BCUT2D eigenvalue weighted by Gasteiger charge is -2.32. The van der Waals surface area contributed by atoms with Crippen LogP contribution in [0.15, 0.2) is 0 Å². The van der Waals surface area contributed by atoms with Gasteiger partial charge < -0.3 is 15.5 Å². The smallest absolute Gasteiger partial charge is 0.234 e. The number of carbonyl (C=O) groups excluding carboxylic acids is 1. The van der Waals surface area contributed by atoms with Crippen molar-refractivity contribution in [3.05, 3.63) is 0 Å². The van der Waals surface area contributed by atoms with Gasteiger partial charge in [0.05, 0.1) is 6.54 Å². The van der Waals surface area contributed by atoms with Gasteiger partial charge in [0.25, 0.3) is 0 Å². The molecule has 0 radical (unpaired) electrons. The zero-order chi connectivity index (χ0) is 12.1. The molecule has 1 saturated heterocycles. The van der Waals surface area contributed by atoms with E-state index in [1.807, 2.05) is 0 Å². The molecule has 2 aliphatic rings. The molecule has 2 N–H and O–H groups in total. The molecule has 0 aromatic rings. The maximum absolute atomic E-state index is 11.5. The first-order valence-electron chi connectivity index (χ1n) is 6.65. The fourth-order valence-electron chi connectivity index (χ4n) is 2.01. The van der Waals surface area contributed by atoms with Crippen LogP contribution in [0.3, 0.4) is 0 Å². The van der Waals surface area contributed by atoms with Crippen molar-refractivity contribution in [2.24, 2.45) is 0 Å². The van der Waals surface area contributed by atoms with E-state index in [0.29, 0.717) is 12.6 Å². The molecule has 0 bridgehead atoms. The van der Waals surface area contributed by atoms with Crippen LogP contribution in [0, 0.1) is 0 Å². The fraction of sp³-hybridized carbons (Fsp3) is 0.917. The minimum atomic E-state index is 0.131. The molecule has 1 amide bonds. The summed E-state index contributed by atoms with van der Waals surface area (Å²) < 4.78 is 0. The molecule has 1 heterocycles. The summed E-state index contributed by atoms with van der Waals surface area (Å²) in [4.78, 5) is 16.2. The van der Waals surface area contributed by atoms with Gasteiger partial charge in [0.2, 0.25) is 5.91 Å². The quantitative estimate of drug-likeness (QED) is 0.632. The molecule has 2 rings (SSSR count). The van der Waals surface area contributed by atoms with E-state index in [1.165, 1.54) is 12.8 Å². The zero-order valence-corrected chi connectivity index (χ0v) is 10.7. The molecule has 0 aromatic carbocycles. The number of rotatable bonds is 6. The average Bonchev–Trinajstić information content (AvgIpc) is 3.13. The van der Waals surface area contributed by atoms with Crippen LogP contribution in [0.1, 0.15) is 12.8 Å². The third-order valence-electron chi connectivity index (χ3n) is 3.47. The van der Waals surface area contributed by atoms with Crippen LogP contribution in [0.4, 0.5) is 0 Å². The van der Waals surface area contributed by atoms with Crippen molar-refractivity contribution in [1.82, 2.24) is 20.4 Å². The first-order valence-corrected chi connectivity index (χ1v) is 6.65. The molecule has 98 valence electrons. The monoisotopic (exact) mass is 240 g/mol. The maximum Gasteiger partial charge on any atom is 0.234 e. The number of hydrogen-bond acceptors (Lipinski definition) is 4.